The summed E-state index contributed by atoms with van der Waals surface area (Å²) < 4.78 is 35.2. The number of nitrogens with zero attached hydrogens (tertiary/aromatic N) is 1. The number of phosphoric ester groups is 1. The minimum absolute atomic E-state index is 0.0844. The standard InChI is InChI=1S/C58H106NO7P/c1-6-8-10-12-14-16-18-20-22-24-26-27-28-29-30-31-32-34-36-38-40-42-44-46-48-50-53-63-55-57(56-65-67(61,62)64-54-52-59(3,4)5)66-58(60)51-49-47-45-43-41-39-37-35-33-25-23-21-19-17-15-13-11-9-7-2/h8,10,14,16,20,22,26-27,29-30,32,34,57H,6-7,9,11-13,15,17-19,21,23-25,28,31,33,35-56H2,1-5H3/p+1/b10-8-,16-14-,22-20-,27-26-,30-29-,34-32-. The molecular weight excluding hydrogens is 854 g/mol. The van der Waals surface area contributed by atoms with Crippen molar-refractivity contribution < 1.29 is 37.3 Å². The minimum Gasteiger partial charge on any atom is -0.457 e. The van der Waals surface area contributed by atoms with Crippen molar-refractivity contribution in [2.75, 3.05) is 54.1 Å². The molecule has 8 nitrogen and oxygen atoms in total. The van der Waals surface area contributed by atoms with Gasteiger partial charge in [0, 0.05) is 13.0 Å². The fourth-order valence-electron chi connectivity index (χ4n) is 7.56. The second-order valence-electron chi connectivity index (χ2n) is 19.6. The van der Waals surface area contributed by atoms with Crippen molar-refractivity contribution in [3.05, 3.63) is 72.9 Å². The van der Waals surface area contributed by atoms with Crippen molar-refractivity contribution in [2.24, 2.45) is 0 Å². The van der Waals surface area contributed by atoms with E-state index in [-0.39, 0.29) is 25.8 Å². The van der Waals surface area contributed by atoms with Gasteiger partial charge in [-0.25, -0.2) is 4.57 Å². The van der Waals surface area contributed by atoms with Crippen LogP contribution in [0, 0.1) is 0 Å². The van der Waals surface area contributed by atoms with Gasteiger partial charge < -0.3 is 18.9 Å². The van der Waals surface area contributed by atoms with Crippen LogP contribution in [-0.2, 0) is 27.9 Å². The summed E-state index contributed by atoms with van der Waals surface area (Å²) in [4.78, 5) is 23.1. The molecule has 0 fully saturated rings. The first kappa shape index (κ1) is 64.9. The first-order valence-electron chi connectivity index (χ1n) is 27.7. The van der Waals surface area contributed by atoms with Crippen LogP contribution in [0.5, 0.6) is 0 Å². The summed E-state index contributed by atoms with van der Waals surface area (Å²) >= 11 is 0. The zero-order valence-corrected chi connectivity index (χ0v) is 45.3. The topological polar surface area (TPSA) is 91.3 Å². The molecule has 1 N–H and O–H groups in total. The van der Waals surface area contributed by atoms with Crippen molar-refractivity contribution in [3.8, 4) is 0 Å². The van der Waals surface area contributed by atoms with Gasteiger partial charge in [-0.15, -0.1) is 0 Å². The van der Waals surface area contributed by atoms with Gasteiger partial charge >= 0.3 is 13.8 Å². The van der Waals surface area contributed by atoms with E-state index in [9.17, 15) is 14.3 Å². The van der Waals surface area contributed by atoms with Gasteiger partial charge in [0.2, 0.25) is 0 Å². The molecule has 0 radical (unpaired) electrons. The van der Waals surface area contributed by atoms with Crippen LogP contribution in [0.25, 0.3) is 0 Å². The lowest BCUT2D eigenvalue weighted by atomic mass is 10.0. The molecule has 0 aliphatic rings. The summed E-state index contributed by atoms with van der Waals surface area (Å²) in [5.74, 6) is -0.316. The lowest BCUT2D eigenvalue weighted by molar-refractivity contribution is -0.870. The van der Waals surface area contributed by atoms with Crippen molar-refractivity contribution in [2.45, 2.75) is 238 Å². The molecule has 390 valence electrons. The van der Waals surface area contributed by atoms with Crippen LogP contribution in [0.2, 0.25) is 0 Å². The average molecular weight is 961 g/mol. The maximum absolute atomic E-state index is 12.8. The zero-order chi connectivity index (χ0) is 49.0. The van der Waals surface area contributed by atoms with E-state index in [0.29, 0.717) is 24.1 Å². The molecule has 2 atom stereocenters. The van der Waals surface area contributed by atoms with Crippen molar-refractivity contribution in [1.29, 1.82) is 0 Å². The molecule has 0 heterocycles. The number of ether oxygens (including phenoxy) is 2. The number of unbranched alkanes of at least 4 members (excludes halogenated alkanes) is 25. The molecular formula is C58H107NO7P+. The Kier molecular flexibility index (Phi) is 48.8. The van der Waals surface area contributed by atoms with Gasteiger partial charge in [0.05, 0.1) is 34.4 Å². The van der Waals surface area contributed by atoms with E-state index >= 15 is 0 Å². The first-order chi connectivity index (χ1) is 32.6. The molecule has 0 aliphatic heterocycles. The molecule has 0 saturated heterocycles. The van der Waals surface area contributed by atoms with E-state index in [0.717, 1.165) is 77.0 Å². The van der Waals surface area contributed by atoms with Gasteiger partial charge in [0.25, 0.3) is 0 Å². The second kappa shape index (κ2) is 50.3. The van der Waals surface area contributed by atoms with E-state index in [4.69, 9.17) is 18.5 Å². The predicted octanol–water partition coefficient (Wildman–Crippen LogP) is 17.4. The summed E-state index contributed by atoms with van der Waals surface area (Å²) in [5.41, 5.74) is 0. The monoisotopic (exact) mass is 961 g/mol. The van der Waals surface area contributed by atoms with E-state index in [1.54, 1.807) is 0 Å². The Morgan fingerprint density at radius 3 is 1.30 bits per heavy atom. The third-order valence-electron chi connectivity index (χ3n) is 11.8. The third kappa shape index (κ3) is 54.7. The van der Waals surface area contributed by atoms with Gasteiger partial charge in [0.1, 0.15) is 19.3 Å². The van der Waals surface area contributed by atoms with Crippen molar-refractivity contribution in [1.82, 2.24) is 0 Å². The third-order valence-corrected chi connectivity index (χ3v) is 12.8. The Hall–Kier alpha value is -2.06. The molecule has 0 bridgehead atoms. The SMILES string of the molecule is CC/C=C\C/C=C\C/C=C\C/C=C\C/C=C\C/C=C\CCCCCCCCCOCC(COP(=O)(O)OCC[N+](C)(C)C)OC(=O)CCCCCCCCCCCCCCCCCCCCC. The molecule has 0 aromatic heterocycles. The molecule has 67 heavy (non-hydrogen) atoms. The molecule has 0 spiro atoms. The molecule has 0 aromatic carbocycles. The summed E-state index contributed by atoms with van der Waals surface area (Å²) in [6, 6.07) is 0. The van der Waals surface area contributed by atoms with Crippen molar-refractivity contribution >= 4 is 13.8 Å². The number of phosphoric acid groups is 1. The highest BCUT2D eigenvalue weighted by molar-refractivity contribution is 7.47. The van der Waals surface area contributed by atoms with Gasteiger partial charge in [-0.1, -0.05) is 234 Å². The highest BCUT2D eigenvalue weighted by Crippen LogP contribution is 2.43. The molecule has 2 unspecified atom stereocenters. The highest BCUT2D eigenvalue weighted by Gasteiger charge is 2.26. The number of rotatable bonds is 51. The molecule has 0 aliphatic carbocycles. The summed E-state index contributed by atoms with van der Waals surface area (Å²) in [5, 5.41) is 0. The van der Waals surface area contributed by atoms with Gasteiger partial charge in [-0.2, -0.15) is 0 Å². The smallest absolute Gasteiger partial charge is 0.457 e. The van der Waals surface area contributed by atoms with Crippen LogP contribution in [0.1, 0.15) is 232 Å². The lowest BCUT2D eigenvalue weighted by Crippen LogP contribution is -2.37. The largest absolute Gasteiger partial charge is 0.472 e. The maximum atomic E-state index is 12.8. The molecule has 0 amide bonds. The normalized spacial score (nSPS) is 14.1. The zero-order valence-electron chi connectivity index (χ0n) is 44.4. The number of esters is 1. The Morgan fingerprint density at radius 2 is 0.866 bits per heavy atom. The molecule has 0 rings (SSSR count). The van der Waals surface area contributed by atoms with Gasteiger partial charge in [-0.05, 0) is 64.2 Å². The highest BCUT2D eigenvalue weighted by atomic mass is 31.2. The van der Waals surface area contributed by atoms with Crippen molar-refractivity contribution in [3.63, 3.8) is 0 Å². The van der Waals surface area contributed by atoms with E-state index < -0.39 is 13.9 Å². The average Bonchev–Trinajstić information content (AvgIpc) is 3.29. The Balaban J connectivity index is 4.13. The van der Waals surface area contributed by atoms with Crippen LogP contribution in [-0.4, -0.2) is 75.6 Å². The fourth-order valence-corrected chi connectivity index (χ4v) is 8.30. The van der Waals surface area contributed by atoms with Gasteiger partial charge in [0.15, 0.2) is 0 Å². The maximum Gasteiger partial charge on any atom is 0.472 e. The Labute approximate surface area is 414 Å². The van der Waals surface area contributed by atoms with Crippen LogP contribution in [0.4, 0.5) is 0 Å². The molecule has 0 saturated carbocycles. The van der Waals surface area contributed by atoms with Crippen LogP contribution < -0.4 is 0 Å². The minimum atomic E-state index is -4.29. The first-order valence-corrected chi connectivity index (χ1v) is 29.2. The number of quaternary nitrogens is 1. The molecule has 0 aromatic rings. The van der Waals surface area contributed by atoms with E-state index in [1.165, 1.54) is 135 Å². The van der Waals surface area contributed by atoms with Gasteiger partial charge in [-0.3, -0.25) is 13.8 Å². The van der Waals surface area contributed by atoms with E-state index in [2.05, 4.69) is 86.8 Å². The number of carbonyl (C=O) groups is 1. The van der Waals surface area contributed by atoms with E-state index in [1.807, 2.05) is 21.1 Å². The number of hydrogen-bond donors (Lipinski definition) is 1. The number of allylic oxidation sites excluding steroid dienone is 12. The summed E-state index contributed by atoms with van der Waals surface area (Å²) in [6.45, 7) is 5.51. The number of likely N-dealkylation sites (N-methyl/N-ethyl adjacent to an activating group) is 1. The Morgan fingerprint density at radius 1 is 0.478 bits per heavy atom. The van der Waals surface area contributed by atoms with Crippen LogP contribution in [0.15, 0.2) is 72.9 Å². The Bertz CT molecular complexity index is 1300. The summed E-state index contributed by atoms with van der Waals surface area (Å²) in [7, 11) is 1.66. The molecule has 9 heteroatoms. The lowest BCUT2D eigenvalue weighted by Gasteiger charge is -2.24. The second-order valence-corrected chi connectivity index (χ2v) is 21.0. The van der Waals surface area contributed by atoms with Crippen LogP contribution in [0.3, 0.4) is 0 Å². The quantitative estimate of drug-likeness (QED) is 0.0213. The predicted molar refractivity (Wildman–Crippen MR) is 288 cm³/mol. The number of carbonyl (C=O) groups excluding carboxylic acids is 1. The summed E-state index contributed by atoms with van der Waals surface area (Å²) in [6.07, 6.45) is 66.7. The fraction of sp³-hybridized carbons (Fsp3) is 0.776. The number of hydrogen-bond acceptors (Lipinski definition) is 6. The van der Waals surface area contributed by atoms with Crippen LogP contribution >= 0.6 is 7.82 Å².